The molecule has 1 aliphatic rings. The number of hydrogen-bond donors (Lipinski definition) is 1. The van der Waals surface area contributed by atoms with Crippen LogP contribution >= 0.6 is 0 Å². The zero-order chi connectivity index (χ0) is 15.6. The maximum atomic E-state index is 12.6. The van der Waals surface area contributed by atoms with E-state index < -0.39 is 0 Å². The van der Waals surface area contributed by atoms with Gasteiger partial charge in [0.05, 0.1) is 6.54 Å². The van der Waals surface area contributed by atoms with Gasteiger partial charge in [0, 0.05) is 6.54 Å². The summed E-state index contributed by atoms with van der Waals surface area (Å²) in [7, 11) is 0. The van der Waals surface area contributed by atoms with Gasteiger partial charge in [-0.25, -0.2) is 0 Å². The molecule has 4 nitrogen and oxygen atoms in total. The highest BCUT2D eigenvalue weighted by Crippen LogP contribution is 2.18. The topological polar surface area (TPSA) is 49.4 Å². The van der Waals surface area contributed by atoms with Crippen LogP contribution < -0.4 is 5.32 Å². The summed E-state index contributed by atoms with van der Waals surface area (Å²) in [6.07, 6.45) is 0.869. The average molecular weight is 288 g/mol. The van der Waals surface area contributed by atoms with Crippen molar-refractivity contribution >= 4 is 11.8 Å². The van der Waals surface area contributed by atoms with Crippen molar-refractivity contribution in [2.45, 2.75) is 46.7 Å². The molecule has 0 bridgehead atoms. The summed E-state index contributed by atoms with van der Waals surface area (Å²) >= 11 is 0. The van der Waals surface area contributed by atoms with E-state index >= 15 is 0 Å². The lowest BCUT2D eigenvalue weighted by atomic mass is 9.95. The monoisotopic (exact) mass is 288 g/mol. The number of piperazine rings is 1. The number of hydrogen-bond acceptors (Lipinski definition) is 2. The van der Waals surface area contributed by atoms with Gasteiger partial charge in [0.2, 0.25) is 11.8 Å². The highest BCUT2D eigenvalue weighted by molar-refractivity contribution is 5.95. The minimum Gasteiger partial charge on any atom is -0.342 e. The van der Waals surface area contributed by atoms with E-state index in [1.54, 1.807) is 4.90 Å². The highest BCUT2D eigenvalue weighted by Gasteiger charge is 2.35. The first-order chi connectivity index (χ1) is 9.92. The molecule has 0 saturated carbocycles. The van der Waals surface area contributed by atoms with E-state index in [0.717, 1.165) is 17.5 Å². The molecule has 0 aromatic heterocycles. The Bertz CT molecular complexity index is 554. The number of nitrogens with one attached hydrogen (secondary N) is 1. The number of amides is 2. The van der Waals surface area contributed by atoms with Crippen molar-refractivity contribution < 1.29 is 9.59 Å². The van der Waals surface area contributed by atoms with Crippen molar-refractivity contribution in [2.24, 2.45) is 5.92 Å². The van der Waals surface area contributed by atoms with Crippen LogP contribution in [-0.4, -0.2) is 29.3 Å². The molecule has 1 saturated heterocycles. The molecule has 0 radical (unpaired) electrons. The lowest BCUT2D eigenvalue weighted by Gasteiger charge is -2.35. The van der Waals surface area contributed by atoms with Crippen LogP contribution in [0.2, 0.25) is 0 Å². The molecule has 1 aromatic carbocycles. The van der Waals surface area contributed by atoms with Crippen molar-refractivity contribution in [2.75, 3.05) is 6.54 Å². The molecular formula is C17H24N2O2. The number of aryl methyl sites for hydroxylation is 2. The highest BCUT2D eigenvalue weighted by atomic mass is 16.2. The molecule has 21 heavy (non-hydrogen) atoms. The van der Waals surface area contributed by atoms with Gasteiger partial charge in [-0.15, -0.1) is 0 Å². The summed E-state index contributed by atoms with van der Waals surface area (Å²) < 4.78 is 0. The molecule has 1 fully saturated rings. The predicted molar refractivity (Wildman–Crippen MR) is 82.7 cm³/mol. The summed E-state index contributed by atoms with van der Waals surface area (Å²) in [5.41, 5.74) is 3.43. The van der Waals surface area contributed by atoms with Crippen LogP contribution in [0.4, 0.5) is 0 Å². The molecule has 114 valence electrons. The third kappa shape index (κ3) is 3.43. The van der Waals surface area contributed by atoms with Crippen LogP contribution in [-0.2, 0) is 16.1 Å². The molecular weight excluding hydrogens is 264 g/mol. The van der Waals surface area contributed by atoms with Gasteiger partial charge in [0.15, 0.2) is 0 Å². The molecule has 1 aromatic rings. The molecule has 2 atom stereocenters. The fourth-order valence-corrected chi connectivity index (χ4v) is 2.66. The van der Waals surface area contributed by atoms with Gasteiger partial charge in [-0.05, 0) is 30.9 Å². The van der Waals surface area contributed by atoms with E-state index in [1.807, 2.05) is 27.7 Å². The van der Waals surface area contributed by atoms with E-state index in [2.05, 4.69) is 23.5 Å². The van der Waals surface area contributed by atoms with Crippen molar-refractivity contribution in [3.63, 3.8) is 0 Å². The number of benzene rings is 1. The van der Waals surface area contributed by atoms with Gasteiger partial charge >= 0.3 is 0 Å². The first-order valence-corrected chi connectivity index (χ1v) is 7.56. The molecule has 1 N–H and O–H groups in total. The van der Waals surface area contributed by atoms with Gasteiger partial charge in [0.1, 0.15) is 6.04 Å². The largest absolute Gasteiger partial charge is 0.342 e. The zero-order valence-corrected chi connectivity index (χ0v) is 13.3. The second kappa shape index (κ2) is 6.29. The molecule has 4 heteroatoms. The van der Waals surface area contributed by atoms with Crippen molar-refractivity contribution in [1.29, 1.82) is 0 Å². The van der Waals surface area contributed by atoms with Crippen molar-refractivity contribution in [3.05, 3.63) is 34.9 Å². The third-order valence-corrected chi connectivity index (χ3v) is 4.31. The molecule has 2 amide bonds. The van der Waals surface area contributed by atoms with Crippen LogP contribution in [0.15, 0.2) is 18.2 Å². The Morgan fingerprint density at radius 3 is 2.71 bits per heavy atom. The smallest absolute Gasteiger partial charge is 0.246 e. The molecule has 2 rings (SSSR count). The Kier molecular flexibility index (Phi) is 4.66. The maximum absolute atomic E-state index is 12.6. The second-order valence-electron chi connectivity index (χ2n) is 6.05. The fraction of sp³-hybridized carbons (Fsp3) is 0.529. The Morgan fingerprint density at radius 2 is 2.05 bits per heavy atom. The van der Waals surface area contributed by atoms with Crippen molar-refractivity contribution in [1.82, 2.24) is 10.2 Å². The van der Waals surface area contributed by atoms with E-state index in [9.17, 15) is 9.59 Å². The van der Waals surface area contributed by atoms with Gasteiger partial charge in [-0.3, -0.25) is 9.59 Å². The Balaban J connectivity index is 2.20. The fourth-order valence-electron chi connectivity index (χ4n) is 2.66. The van der Waals surface area contributed by atoms with Gasteiger partial charge in [0.25, 0.3) is 0 Å². The summed E-state index contributed by atoms with van der Waals surface area (Å²) in [6, 6.07) is 5.82. The minimum atomic E-state index is -0.388. The summed E-state index contributed by atoms with van der Waals surface area (Å²) in [5, 5.41) is 2.83. The predicted octanol–water partition coefficient (Wildman–Crippen LogP) is 2.18. The van der Waals surface area contributed by atoms with E-state index in [1.165, 1.54) is 5.56 Å². The number of carbonyl (C=O) groups excluding carboxylic acids is 2. The molecule has 1 aliphatic heterocycles. The summed E-state index contributed by atoms with van der Waals surface area (Å²) in [4.78, 5) is 26.1. The standard InChI is InChI=1S/C17H24N2O2/c1-5-12(3)16-17(21)19(10-15(20)18-16)9-14-8-11(2)6-7-13(14)4/h6-8,12,16H,5,9-10H2,1-4H3,(H,18,20). The Labute approximate surface area is 126 Å². The number of rotatable bonds is 4. The minimum absolute atomic E-state index is 0.0323. The van der Waals surface area contributed by atoms with Gasteiger partial charge in [-0.1, -0.05) is 44.0 Å². The van der Waals surface area contributed by atoms with Crippen molar-refractivity contribution in [3.8, 4) is 0 Å². The Morgan fingerprint density at radius 1 is 1.33 bits per heavy atom. The van der Waals surface area contributed by atoms with Crippen LogP contribution in [0.1, 0.15) is 37.0 Å². The Hall–Kier alpha value is -1.84. The quantitative estimate of drug-likeness (QED) is 0.923. The first kappa shape index (κ1) is 15.5. The molecule has 2 unspecified atom stereocenters. The van der Waals surface area contributed by atoms with Crippen LogP contribution in [0.3, 0.4) is 0 Å². The van der Waals surface area contributed by atoms with Gasteiger partial charge < -0.3 is 10.2 Å². The SMILES string of the molecule is CCC(C)C1NC(=O)CN(Cc2cc(C)ccc2C)C1=O. The average Bonchev–Trinajstić information content (AvgIpc) is 2.45. The zero-order valence-electron chi connectivity index (χ0n) is 13.3. The van der Waals surface area contributed by atoms with Crippen LogP contribution in [0, 0.1) is 19.8 Å². The summed E-state index contributed by atoms with van der Waals surface area (Å²) in [5.74, 6) is 0.123. The van der Waals surface area contributed by atoms with E-state index in [-0.39, 0.29) is 30.3 Å². The van der Waals surface area contributed by atoms with Crippen LogP contribution in [0.25, 0.3) is 0 Å². The summed E-state index contributed by atoms with van der Waals surface area (Å²) in [6.45, 7) is 8.77. The van der Waals surface area contributed by atoms with Crippen LogP contribution in [0.5, 0.6) is 0 Å². The maximum Gasteiger partial charge on any atom is 0.246 e. The molecule has 0 aliphatic carbocycles. The molecule has 0 spiro atoms. The van der Waals surface area contributed by atoms with Gasteiger partial charge in [-0.2, -0.15) is 0 Å². The first-order valence-electron chi connectivity index (χ1n) is 7.56. The van der Waals surface area contributed by atoms with E-state index in [0.29, 0.717) is 6.54 Å². The number of nitrogens with zero attached hydrogens (tertiary/aromatic N) is 1. The second-order valence-corrected chi connectivity index (χ2v) is 6.05. The third-order valence-electron chi connectivity index (χ3n) is 4.31. The number of carbonyl (C=O) groups is 2. The molecule has 1 heterocycles. The van der Waals surface area contributed by atoms with E-state index in [4.69, 9.17) is 0 Å². The lowest BCUT2D eigenvalue weighted by molar-refractivity contribution is -0.146. The normalized spacial score (nSPS) is 20.4. The lowest BCUT2D eigenvalue weighted by Crippen LogP contribution is -2.59.